The average Bonchev–Trinajstić information content (AvgIpc) is 3.11. The summed E-state index contributed by atoms with van der Waals surface area (Å²) in [4.78, 5) is 27.8. The minimum Gasteiger partial charge on any atom is -0.490 e. The molecule has 7 nitrogen and oxygen atoms in total. The van der Waals surface area contributed by atoms with Crippen LogP contribution in [0.5, 0.6) is 5.75 Å². The van der Waals surface area contributed by atoms with Crippen LogP contribution in [-0.2, 0) is 4.74 Å². The van der Waals surface area contributed by atoms with Gasteiger partial charge in [-0.2, -0.15) is 0 Å². The Morgan fingerprint density at radius 2 is 1.61 bits per heavy atom. The van der Waals surface area contributed by atoms with Gasteiger partial charge in [0.25, 0.3) is 11.8 Å². The zero-order valence-corrected chi connectivity index (χ0v) is 19.8. The standard InChI is InChI=1S/C25H31N3O4S/c1-2-31-17-18-32-22-14-8-6-12-20(22)23(29)27-25(33)26-21-13-7-5-11-19(21)24(30)28-15-9-3-4-10-16-28/h5-8,11-14H,2-4,9-10,15-18H2,1H3,(H2,26,27,29,33). The third-order valence-corrected chi connectivity index (χ3v) is 5.55. The summed E-state index contributed by atoms with van der Waals surface area (Å²) in [6.07, 6.45) is 4.33. The maximum atomic E-state index is 13.1. The van der Waals surface area contributed by atoms with Gasteiger partial charge in [0.15, 0.2) is 5.11 Å². The number of nitrogens with one attached hydrogen (secondary N) is 2. The lowest BCUT2D eigenvalue weighted by Gasteiger charge is -2.22. The Labute approximate surface area is 200 Å². The molecule has 1 aliphatic heterocycles. The molecule has 2 amide bonds. The minimum atomic E-state index is -0.393. The highest BCUT2D eigenvalue weighted by molar-refractivity contribution is 7.80. The zero-order valence-electron chi connectivity index (χ0n) is 19.0. The molecule has 1 heterocycles. The van der Waals surface area contributed by atoms with Crippen molar-refractivity contribution < 1.29 is 19.1 Å². The summed E-state index contributed by atoms with van der Waals surface area (Å²) in [5.41, 5.74) is 1.47. The highest BCUT2D eigenvalue weighted by Crippen LogP contribution is 2.21. The highest BCUT2D eigenvalue weighted by Gasteiger charge is 2.21. The van der Waals surface area contributed by atoms with Crippen LogP contribution in [0.15, 0.2) is 48.5 Å². The van der Waals surface area contributed by atoms with Crippen LogP contribution in [0, 0.1) is 0 Å². The van der Waals surface area contributed by atoms with Gasteiger partial charge in [0.05, 0.1) is 23.4 Å². The van der Waals surface area contributed by atoms with Gasteiger partial charge >= 0.3 is 0 Å². The van der Waals surface area contributed by atoms with Crippen molar-refractivity contribution in [3.63, 3.8) is 0 Å². The molecule has 2 aromatic rings. The van der Waals surface area contributed by atoms with Crippen LogP contribution in [-0.4, -0.2) is 54.7 Å². The average molecular weight is 470 g/mol. The SMILES string of the molecule is CCOCCOc1ccccc1C(=O)NC(=S)Nc1ccccc1C(=O)N1CCCCCC1. The van der Waals surface area contributed by atoms with Crippen LogP contribution in [0.3, 0.4) is 0 Å². The van der Waals surface area contributed by atoms with E-state index in [-0.39, 0.29) is 11.0 Å². The Hall–Kier alpha value is -2.97. The quantitative estimate of drug-likeness (QED) is 0.445. The van der Waals surface area contributed by atoms with E-state index in [1.54, 1.807) is 36.4 Å². The van der Waals surface area contributed by atoms with Crippen molar-refractivity contribution in [1.29, 1.82) is 0 Å². The van der Waals surface area contributed by atoms with Gasteiger partial charge in [0, 0.05) is 19.7 Å². The number of rotatable bonds is 8. The molecule has 0 aromatic heterocycles. The molecule has 0 bridgehead atoms. The molecule has 2 N–H and O–H groups in total. The fourth-order valence-corrected chi connectivity index (χ4v) is 3.88. The number of carbonyl (C=O) groups excluding carboxylic acids is 2. The van der Waals surface area contributed by atoms with Crippen LogP contribution in [0.4, 0.5) is 5.69 Å². The number of benzene rings is 2. The van der Waals surface area contributed by atoms with Crippen LogP contribution in [0.2, 0.25) is 0 Å². The molecule has 3 rings (SSSR count). The number of para-hydroxylation sites is 2. The van der Waals surface area contributed by atoms with Gasteiger partial charge in [-0.25, -0.2) is 0 Å². The second-order valence-electron chi connectivity index (χ2n) is 7.70. The van der Waals surface area contributed by atoms with Gasteiger partial charge in [-0.3, -0.25) is 14.9 Å². The van der Waals surface area contributed by atoms with Crippen LogP contribution < -0.4 is 15.4 Å². The van der Waals surface area contributed by atoms with E-state index < -0.39 is 5.91 Å². The molecular formula is C25H31N3O4S. The molecule has 0 aliphatic carbocycles. The third kappa shape index (κ3) is 7.27. The number of anilines is 1. The molecule has 0 saturated carbocycles. The van der Waals surface area contributed by atoms with E-state index in [0.29, 0.717) is 42.4 Å². The van der Waals surface area contributed by atoms with Crippen LogP contribution in [0.25, 0.3) is 0 Å². The number of nitrogens with zero attached hydrogens (tertiary/aromatic N) is 1. The minimum absolute atomic E-state index is 0.0258. The van der Waals surface area contributed by atoms with Crippen molar-refractivity contribution in [3.8, 4) is 5.75 Å². The van der Waals surface area contributed by atoms with E-state index >= 15 is 0 Å². The summed E-state index contributed by atoms with van der Waals surface area (Å²) in [6, 6.07) is 14.2. The van der Waals surface area contributed by atoms with E-state index in [1.165, 1.54) is 0 Å². The number of ether oxygens (including phenoxy) is 2. The first-order valence-corrected chi connectivity index (χ1v) is 11.8. The van der Waals surface area contributed by atoms with Crippen molar-refractivity contribution in [2.75, 3.05) is 38.2 Å². The molecule has 1 fully saturated rings. The van der Waals surface area contributed by atoms with Crippen molar-refractivity contribution in [1.82, 2.24) is 10.2 Å². The first-order valence-electron chi connectivity index (χ1n) is 11.4. The first kappa shape index (κ1) is 24.7. The maximum Gasteiger partial charge on any atom is 0.261 e. The van der Waals surface area contributed by atoms with Crippen molar-refractivity contribution in [2.45, 2.75) is 32.6 Å². The van der Waals surface area contributed by atoms with E-state index in [2.05, 4.69) is 10.6 Å². The second kappa shape index (κ2) is 12.9. The van der Waals surface area contributed by atoms with E-state index in [4.69, 9.17) is 21.7 Å². The van der Waals surface area contributed by atoms with Gasteiger partial charge < -0.3 is 19.7 Å². The van der Waals surface area contributed by atoms with E-state index in [1.807, 2.05) is 24.0 Å². The van der Waals surface area contributed by atoms with Crippen molar-refractivity contribution in [3.05, 3.63) is 59.7 Å². The monoisotopic (exact) mass is 469 g/mol. The predicted molar refractivity (Wildman–Crippen MR) is 133 cm³/mol. The Kier molecular flexibility index (Phi) is 9.65. The summed E-state index contributed by atoms with van der Waals surface area (Å²) in [6.45, 7) is 4.81. The second-order valence-corrected chi connectivity index (χ2v) is 8.11. The van der Waals surface area contributed by atoms with Crippen LogP contribution >= 0.6 is 12.2 Å². The number of carbonyl (C=O) groups is 2. The lowest BCUT2D eigenvalue weighted by Crippen LogP contribution is -2.36. The van der Waals surface area contributed by atoms with Crippen molar-refractivity contribution >= 4 is 34.8 Å². The number of likely N-dealkylation sites (tertiary alicyclic amines) is 1. The Balaban J connectivity index is 1.65. The number of hydrogen-bond donors (Lipinski definition) is 2. The van der Waals surface area contributed by atoms with E-state index in [0.717, 1.165) is 38.8 Å². The summed E-state index contributed by atoms with van der Waals surface area (Å²) in [7, 11) is 0. The highest BCUT2D eigenvalue weighted by atomic mass is 32.1. The molecular weight excluding hydrogens is 438 g/mol. The molecule has 176 valence electrons. The summed E-state index contributed by atoms with van der Waals surface area (Å²) < 4.78 is 11.0. The van der Waals surface area contributed by atoms with Gasteiger partial charge in [-0.1, -0.05) is 37.1 Å². The Bertz CT molecular complexity index is 958. The molecule has 0 radical (unpaired) electrons. The van der Waals surface area contributed by atoms with E-state index in [9.17, 15) is 9.59 Å². The lowest BCUT2D eigenvalue weighted by atomic mass is 10.1. The number of thiocarbonyl (C=S) groups is 1. The fraction of sp³-hybridized carbons (Fsp3) is 0.400. The van der Waals surface area contributed by atoms with Gasteiger partial charge in [-0.05, 0) is 56.2 Å². The van der Waals surface area contributed by atoms with Gasteiger partial charge in [0.2, 0.25) is 0 Å². The van der Waals surface area contributed by atoms with Gasteiger partial charge in [0.1, 0.15) is 12.4 Å². The smallest absolute Gasteiger partial charge is 0.261 e. The molecule has 1 aliphatic rings. The molecule has 0 atom stereocenters. The summed E-state index contributed by atoms with van der Waals surface area (Å²) in [5.74, 6) is 0.0345. The first-order chi connectivity index (χ1) is 16.1. The normalized spacial score (nSPS) is 13.7. The predicted octanol–water partition coefficient (Wildman–Crippen LogP) is 4.24. The Morgan fingerprint density at radius 1 is 0.939 bits per heavy atom. The Morgan fingerprint density at radius 3 is 2.33 bits per heavy atom. The summed E-state index contributed by atoms with van der Waals surface area (Å²) in [5, 5.41) is 5.82. The molecule has 0 unspecified atom stereocenters. The lowest BCUT2D eigenvalue weighted by molar-refractivity contribution is 0.0762. The third-order valence-electron chi connectivity index (χ3n) is 5.35. The number of hydrogen-bond acceptors (Lipinski definition) is 5. The number of amides is 2. The topological polar surface area (TPSA) is 79.9 Å². The fourth-order valence-electron chi connectivity index (χ4n) is 3.68. The molecule has 1 saturated heterocycles. The largest absolute Gasteiger partial charge is 0.490 e. The molecule has 33 heavy (non-hydrogen) atoms. The van der Waals surface area contributed by atoms with Gasteiger partial charge in [-0.15, -0.1) is 0 Å². The molecule has 8 heteroatoms. The molecule has 0 spiro atoms. The maximum absolute atomic E-state index is 13.1. The van der Waals surface area contributed by atoms with Crippen molar-refractivity contribution in [2.24, 2.45) is 0 Å². The molecule has 2 aromatic carbocycles. The van der Waals surface area contributed by atoms with Crippen LogP contribution in [0.1, 0.15) is 53.3 Å². The summed E-state index contributed by atoms with van der Waals surface area (Å²) >= 11 is 5.37. The zero-order chi connectivity index (χ0) is 23.5.